The minimum absolute atomic E-state index is 0.786. The normalized spacial score (nSPS) is 10.8. The first-order valence-electron chi connectivity index (χ1n) is 6.39. The van der Waals surface area contributed by atoms with Crippen molar-refractivity contribution in [1.29, 1.82) is 0 Å². The molecule has 1 N–H and O–H groups in total. The molecule has 0 unspecified atom stereocenters. The molecule has 0 saturated carbocycles. The van der Waals surface area contributed by atoms with Crippen LogP contribution in [0.15, 0.2) is 36.8 Å². The van der Waals surface area contributed by atoms with Crippen LogP contribution in [-0.4, -0.2) is 21.7 Å². The maximum Gasteiger partial charge on any atom is 0.158 e. The quantitative estimate of drug-likeness (QED) is 0.793. The highest BCUT2D eigenvalue weighted by molar-refractivity contribution is 5.76. The van der Waals surface area contributed by atoms with E-state index < -0.39 is 0 Å². The molecular formula is C15H16N4O. The van der Waals surface area contributed by atoms with Crippen LogP contribution in [0.3, 0.4) is 0 Å². The molecule has 3 rings (SSSR count). The highest BCUT2D eigenvalue weighted by Gasteiger charge is 2.08. The summed E-state index contributed by atoms with van der Waals surface area (Å²) in [6.45, 7) is 4.06. The lowest BCUT2D eigenvalue weighted by Gasteiger charge is -2.10. The minimum Gasteiger partial charge on any atom is -0.496 e. The van der Waals surface area contributed by atoms with Gasteiger partial charge < -0.3 is 10.1 Å². The number of hydrogen-bond donors (Lipinski definition) is 1. The highest BCUT2D eigenvalue weighted by Crippen LogP contribution is 2.26. The van der Waals surface area contributed by atoms with Gasteiger partial charge in [-0.3, -0.25) is 0 Å². The van der Waals surface area contributed by atoms with Crippen molar-refractivity contribution in [3.63, 3.8) is 0 Å². The third kappa shape index (κ3) is 2.07. The molecule has 0 bridgehead atoms. The number of methoxy groups -OCH3 is 1. The summed E-state index contributed by atoms with van der Waals surface area (Å²) in [7, 11) is 1.67. The SMILES string of the molecule is COc1cc(Nc2ncnn3ccc(C)c23)ccc1C. The number of anilines is 2. The number of hydrogen-bond acceptors (Lipinski definition) is 4. The van der Waals surface area contributed by atoms with Crippen LogP contribution in [0, 0.1) is 13.8 Å². The zero-order valence-electron chi connectivity index (χ0n) is 11.7. The van der Waals surface area contributed by atoms with E-state index in [2.05, 4.69) is 15.4 Å². The van der Waals surface area contributed by atoms with E-state index in [0.29, 0.717) is 0 Å². The van der Waals surface area contributed by atoms with Crippen LogP contribution in [-0.2, 0) is 0 Å². The molecule has 1 aromatic carbocycles. The van der Waals surface area contributed by atoms with Crippen molar-refractivity contribution in [2.75, 3.05) is 12.4 Å². The number of ether oxygens (including phenoxy) is 1. The smallest absolute Gasteiger partial charge is 0.158 e. The van der Waals surface area contributed by atoms with Gasteiger partial charge in [0.2, 0.25) is 0 Å². The Balaban J connectivity index is 2.03. The Morgan fingerprint density at radius 3 is 2.80 bits per heavy atom. The molecule has 3 aromatic rings. The van der Waals surface area contributed by atoms with Crippen molar-refractivity contribution in [2.24, 2.45) is 0 Å². The van der Waals surface area contributed by atoms with Crippen molar-refractivity contribution < 1.29 is 4.74 Å². The Kier molecular flexibility index (Phi) is 3.02. The number of fused-ring (bicyclic) bond motifs is 1. The molecule has 5 nitrogen and oxygen atoms in total. The van der Waals surface area contributed by atoms with Gasteiger partial charge in [-0.2, -0.15) is 5.10 Å². The van der Waals surface area contributed by atoms with E-state index in [1.165, 1.54) is 0 Å². The second kappa shape index (κ2) is 4.85. The second-order valence-electron chi connectivity index (χ2n) is 4.71. The Bertz CT molecular complexity index is 764. The van der Waals surface area contributed by atoms with Crippen molar-refractivity contribution >= 4 is 17.0 Å². The van der Waals surface area contributed by atoms with Gasteiger partial charge in [-0.15, -0.1) is 0 Å². The van der Waals surface area contributed by atoms with Crippen LogP contribution < -0.4 is 10.1 Å². The Labute approximate surface area is 117 Å². The summed E-state index contributed by atoms with van der Waals surface area (Å²) in [5.41, 5.74) is 4.15. The van der Waals surface area contributed by atoms with Gasteiger partial charge in [0.1, 0.15) is 17.6 Å². The Morgan fingerprint density at radius 2 is 2.00 bits per heavy atom. The summed E-state index contributed by atoms with van der Waals surface area (Å²) < 4.78 is 7.16. The average molecular weight is 268 g/mol. The zero-order valence-corrected chi connectivity index (χ0v) is 11.7. The number of nitrogens with one attached hydrogen (secondary N) is 1. The van der Waals surface area contributed by atoms with Crippen LogP contribution in [0.5, 0.6) is 5.75 Å². The van der Waals surface area contributed by atoms with Gasteiger partial charge in [0.25, 0.3) is 0 Å². The molecule has 0 atom stereocenters. The maximum atomic E-state index is 5.34. The predicted molar refractivity (Wildman–Crippen MR) is 78.7 cm³/mol. The van der Waals surface area contributed by atoms with E-state index in [1.54, 1.807) is 13.4 Å². The molecule has 0 aliphatic heterocycles. The first-order chi connectivity index (χ1) is 9.69. The molecule has 0 aliphatic rings. The van der Waals surface area contributed by atoms with Gasteiger partial charge in [-0.25, -0.2) is 9.50 Å². The average Bonchev–Trinajstić information content (AvgIpc) is 2.84. The molecule has 2 heterocycles. The van der Waals surface area contributed by atoms with Gasteiger partial charge in [0.05, 0.1) is 7.11 Å². The fraction of sp³-hybridized carbons (Fsp3) is 0.200. The molecular weight excluding hydrogens is 252 g/mol. The molecule has 102 valence electrons. The second-order valence-corrected chi connectivity index (χ2v) is 4.71. The highest BCUT2D eigenvalue weighted by atomic mass is 16.5. The largest absolute Gasteiger partial charge is 0.496 e. The lowest BCUT2D eigenvalue weighted by Crippen LogP contribution is -2.00. The number of benzene rings is 1. The van der Waals surface area contributed by atoms with Gasteiger partial charge in [-0.05, 0) is 37.1 Å². The maximum absolute atomic E-state index is 5.34. The van der Waals surface area contributed by atoms with Crippen molar-refractivity contribution in [1.82, 2.24) is 14.6 Å². The molecule has 20 heavy (non-hydrogen) atoms. The molecule has 0 spiro atoms. The van der Waals surface area contributed by atoms with Crippen LogP contribution in [0.4, 0.5) is 11.5 Å². The number of rotatable bonds is 3. The minimum atomic E-state index is 0.786. The van der Waals surface area contributed by atoms with E-state index in [0.717, 1.165) is 33.9 Å². The topological polar surface area (TPSA) is 51.5 Å². The molecule has 0 aliphatic carbocycles. The molecule has 0 amide bonds. The summed E-state index contributed by atoms with van der Waals surface area (Å²) in [5, 5.41) is 7.52. The van der Waals surface area contributed by atoms with Crippen LogP contribution >= 0.6 is 0 Å². The van der Waals surface area contributed by atoms with Crippen LogP contribution in [0.2, 0.25) is 0 Å². The lowest BCUT2D eigenvalue weighted by atomic mass is 10.2. The molecule has 0 fully saturated rings. The summed E-state index contributed by atoms with van der Waals surface area (Å²) >= 11 is 0. The predicted octanol–water partition coefficient (Wildman–Crippen LogP) is 3.10. The van der Waals surface area contributed by atoms with E-state index in [4.69, 9.17) is 4.74 Å². The van der Waals surface area contributed by atoms with E-state index in [-0.39, 0.29) is 0 Å². The van der Waals surface area contributed by atoms with E-state index in [9.17, 15) is 0 Å². The standard InChI is InChI=1S/C15H16N4O/c1-10-4-5-12(8-13(10)20-3)18-15-14-11(2)6-7-19(14)17-9-16-15/h4-9H,1-3H3,(H,16,17,18). The molecule has 0 saturated heterocycles. The monoisotopic (exact) mass is 268 g/mol. The van der Waals surface area contributed by atoms with Crippen molar-refractivity contribution in [2.45, 2.75) is 13.8 Å². The third-order valence-electron chi connectivity index (χ3n) is 3.33. The lowest BCUT2D eigenvalue weighted by molar-refractivity contribution is 0.412. The van der Waals surface area contributed by atoms with Crippen LogP contribution in [0.25, 0.3) is 5.52 Å². The van der Waals surface area contributed by atoms with E-state index >= 15 is 0 Å². The van der Waals surface area contributed by atoms with Gasteiger partial charge in [0.15, 0.2) is 5.82 Å². The van der Waals surface area contributed by atoms with Crippen LogP contribution in [0.1, 0.15) is 11.1 Å². The fourth-order valence-electron chi connectivity index (χ4n) is 2.23. The molecule has 5 heteroatoms. The number of aromatic nitrogens is 3. The summed E-state index contributed by atoms with van der Waals surface area (Å²) in [6, 6.07) is 8.01. The number of nitrogens with zero attached hydrogens (tertiary/aromatic N) is 3. The number of aryl methyl sites for hydroxylation is 2. The third-order valence-corrected chi connectivity index (χ3v) is 3.33. The Hall–Kier alpha value is -2.56. The van der Waals surface area contributed by atoms with Gasteiger partial charge >= 0.3 is 0 Å². The van der Waals surface area contributed by atoms with E-state index in [1.807, 2.05) is 48.8 Å². The summed E-state index contributed by atoms with van der Waals surface area (Å²) in [5.74, 6) is 1.64. The molecule has 2 aromatic heterocycles. The fourth-order valence-corrected chi connectivity index (χ4v) is 2.23. The van der Waals surface area contributed by atoms with Crippen molar-refractivity contribution in [3.8, 4) is 5.75 Å². The Morgan fingerprint density at radius 1 is 1.15 bits per heavy atom. The first kappa shape index (κ1) is 12.5. The summed E-state index contributed by atoms with van der Waals surface area (Å²) in [4.78, 5) is 4.33. The zero-order chi connectivity index (χ0) is 14.1. The summed E-state index contributed by atoms with van der Waals surface area (Å²) in [6.07, 6.45) is 3.47. The molecule has 0 radical (unpaired) electrons. The van der Waals surface area contributed by atoms with Gasteiger partial charge in [0, 0.05) is 18.0 Å². The van der Waals surface area contributed by atoms with Gasteiger partial charge in [-0.1, -0.05) is 6.07 Å². The first-order valence-corrected chi connectivity index (χ1v) is 6.39. The van der Waals surface area contributed by atoms with Crippen molar-refractivity contribution in [3.05, 3.63) is 47.9 Å².